The molecule has 2 aliphatic heterocycles. The molecule has 10 N–H and O–H groups in total. The van der Waals surface area contributed by atoms with Gasteiger partial charge in [-0.1, -0.05) is 0 Å². The number of aromatic nitrogens is 4. The van der Waals surface area contributed by atoms with Crippen molar-refractivity contribution in [2.45, 2.75) is 81.0 Å². The fourth-order valence-electron chi connectivity index (χ4n) is 6.92. The summed E-state index contributed by atoms with van der Waals surface area (Å²) in [6.07, 6.45) is -16.7. The topological polar surface area (TPSA) is 340 Å². The number of hydrogen-bond donors (Lipinski definition) is 10. The Morgan fingerprint density at radius 2 is 1.52 bits per heavy atom. The van der Waals surface area contributed by atoms with Crippen LogP contribution in [0.25, 0.3) is 33.5 Å². The van der Waals surface area contributed by atoms with Crippen LogP contribution < -0.4 is 26.2 Å². The van der Waals surface area contributed by atoms with Gasteiger partial charge in [0.15, 0.2) is 34.7 Å². The molecule has 5 aromatic rings. The molecule has 0 aliphatic carbocycles. The van der Waals surface area contributed by atoms with E-state index >= 15 is 0 Å². The zero-order valence-corrected chi connectivity index (χ0v) is 31.9. The van der Waals surface area contributed by atoms with Gasteiger partial charge in [0, 0.05) is 31.8 Å². The number of aliphatic hydroxyl groups excluding tert-OH is 7. The van der Waals surface area contributed by atoms with Crippen LogP contribution in [0.2, 0.25) is 0 Å². The van der Waals surface area contributed by atoms with Crippen molar-refractivity contribution in [3.05, 3.63) is 67.7 Å². The summed E-state index contributed by atoms with van der Waals surface area (Å²) in [5.41, 5.74) is -2.54. The highest BCUT2D eigenvalue weighted by atomic mass is 16.7. The fraction of sp³-hybridized carbons (Fsp3) is 0.459. The molecular formula is C37H42N4O19. The molecule has 0 spiro atoms. The molecule has 0 radical (unpaired) electrons. The van der Waals surface area contributed by atoms with Crippen LogP contribution in [0.1, 0.15) is 6.92 Å². The van der Waals surface area contributed by atoms with Crippen LogP contribution in [0, 0.1) is 0 Å². The monoisotopic (exact) mass is 846 g/mol. The summed E-state index contributed by atoms with van der Waals surface area (Å²) < 4.78 is 37.6. The smallest absolute Gasteiger partial charge is 0.332 e. The number of aliphatic hydroxyl groups is 7. The van der Waals surface area contributed by atoms with Gasteiger partial charge >= 0.3 is 5.69 Å². The zero-order chi connectivity index (χ0) is 43.5. The summed E-state index contributed by atoms with van der Waals surface area (Å²) in [6, 6.07) is 5.50. The molecule has 0 saturated carbocycles. The van der Waals surface area contributed by atoms with Crippen molar-refractivity contribution in [3.8, 4) is 40.1 Å². The van der Waals surface area contributed by atoms with Crippen molar-refractivity contribution in [1.82, 2.24) is 18.7 Å². The first-order chi connectivity index (χ1) is 28.4. The normalized spacial score (nSPS) is 27.6. The Balaban J connectivity index is 1.16. The quantitative estimate of drug-likeness (QED) is 0.0585. The molecule has 23 nitrogen and oxygen atoms in total. The number of aryl methyl sites for hydroxylation is 1. The number of nitrogens with zero attached hydrogens (tertiary/aromatic N) is 4. The molecule has 3 aromatic heterocycles. The summed E-state index contributed by atoms with van der Waals surface area (Å²) in [5, 5.41) is 105. The first-order valence-electron chi connectivity index (χ1n) is 18.3. The van der Waals surface area contributed by atoms with Crippen LogP contribution in [0.4, 0.5) is 0 Å². The van der Waals surface area contributed by atoms with E-state index < -0.39 is 132 Å². The average Bonchev–Trinajstić information content (AvgIpc) is 3.64. The predicted octanol–water partition coefficient (Wildman–Crippen LogP) is -3.21. The second kappa shape index (κ2) is 16.5. The molecule has 0 bridgehead atoms. The van der Waals surface area contributed by atoms with E-state index in [1.807, 2.05) is 0 Å². The number of fused-ring (bicyclic) bond motifs is 2. The minimum Gasteiger partial charge on any atom is -0.507 e. The van der Waals surface area contributed by atoms with Gasteiger partial charge in [-0.25, -0.2) is 9.78 Å². The van der Waals surface area contributed by atoms with Crippen LogP contribution in [0.3, 0.4) is 0 Å². The van der Waals surface area contributed by atoms with Crippen molar-refractivity contribution in [3.63, 3.8) is 0 Å². The molecule has 2 aromatic carbocycles. The summed E-state index contributed by atoms with van der Waals surface area (Å²) in [5.74, 6) is -3.21. The van der Waals surface area contributed by atoms with Gasteiger partial charge in [-0.05, 0) is 25.1 Å². The summed E-state index contributed by atoms with van der Waals surface area (Å²) in [7, 11) is 2.74. The highest BCUT2D eigenvalue weighted by Crippen LogP contribution is 2.40. The standard InChI is InChI=1S/C37H42N4O19/c1-13-24(46)27(49)29(51)35(57-13)56-11-21-25(47)28(50)30(52)36(59-21)60-32-26(48)22-19(45)7-16(8-20(22)58-31(32)14-4-5-17(43)18(44)6-14)55-10-15(42)9-41-12-38-33-23(41)34(53)40(3)37(54)39(33)2/h4-8,12-13,15,21,24-25,27-30,35-36,42-47,49-52H,9-11H2,1-3H3/t13-,15?,21+,24-,25+,27+,28-,29+,30+,35+,36-/m0/s1. The summed E-state index contributed by atoms with van der Waals surface area (Å²) >= 11 is 0. The third kappa shape index (κ3) is 7.66. The molecule has 324 valence electrons. The Morgan fingerprint density at radius 1 is 0.817 bits per heavy atom. The highest BCUT2D eigenvalue weighted by molar-refractivity contribution is 5.88. The first-order valence-corrected chi connectivity index (χ1v) is 18.3. The number of aromatic hydroxyl groups is 3. The Labute approximate surface area is 335 Å². The molecule has 11 atom stereocenters. The van der Waals surface area contributed by atoms with Gasteiger partial charge < -0.3 is 83.7 Å². The number of phenols is 3. The van der Waals surface area contributed by atoms with E-state index in [1.165, 1.54) is 48.6 Å². The third-order valence-corrected chi connectivity index (χ3v) is 10.3. The zero-order valence-electron chi connectivity index (χ0n) is 31.9. The van der Waals surface area contributed by atoms with E-state index in [2.05, 4.69) is 4.98 Å². The van der Waals surface area contributed by atoms with Crippen LogP contribution in [-0.2, 0) is 34.9 Å². The molecule has 60 heavy (non-hydrogen) atoms. The first kappa shape index (κ1) is 42.5. The Bertz CT molecular complexity index is 2590. The lowest BCUT2D eigenvalue weighted by molar-refractivity contribution is -0.318. The van der Waals surface area contributed by atoms with Crippen LogP contribution in [0.15, 0.2) is 55.5 Å². The average molecular weight is 847 g/mol. The lowest BCUT2D eigenvalue weighted by Gasteiger charge is -2.42. The third-order valence-electron chi connectivity index (χ3n) is 10.3. The maximum atomic E-state index is 14.2. The second-order valence-electron chi connectivity index (χ2n) is 14.5. The van der Waals surface area contributed by atoms with E-state index in [1.54, 1.807) is 0 Å². The minimum atomic E-state index is -2.04. The van der Waals surface area contributed by atoms with Gasteiger partial charge in [0.1, 0.15) is 77.9 Å². The lowest BCUT2D eigenvalue weighted by Crippen LogP contribution is -2.61. The molecular weight excluding hydrogens is 804 g/mol. The molecule has 0 amide bonds. The predicted molar refractivity (Wildman–Crippen MR) is 200 cm³/mol. The number of phenolic OH excluding ortho intramolecular Hbond substituents is 3. The van der Waals surface area contributed by atoms with Gasteiger partial charge in [-0.3, -0.25) is 18.7 Å². The largest absolute Gasteiger partial charge is 0.507 e. The Kier molecular flexibility index (Phi) is 11.7. The number of ether oxygens (including phenoxy) is 5. The van der Waals surface area contributed by atoms with Gasteiger partial charge in [0.05, 0.1) is 25.6 Å². The minimum absolute atomic E-state index is 0.0566. The maximum absolute atomic E-state index is 14.2. The van der Waals surface area contributed by atoms with E-state index in [4.69, 9.17) is 28.1 Å². The number of rotatable bonds is 11. The van der Waals surface area contributed by atoms with Gasteiger partial charge in [-0.15, -0.1) is 0 Å². The SMILES string of the molecule is C[C@@H]1O[C@@H](OC[C@H]2O[C@@H](Oc3c(-c4ccc(O)c(O)c4)oc4cc(OCC(O)Cn5cnc6c5c(=O)n(C)c(=O)n6C)cc(O)c4c3=O)[C@H](O)[C@@H](O)[C@@H]2O)[C@H](O)[C@H](O)[C@H]1O. The Morgan fingerprint density at radius 3 is 2.23 bits per heavy atom. The van der Waals surface area contributed by atoms with Gasteiger partial charge in [-0.2, -0.15) is 0 Å². The molecule has 2 saturated heterocycles. The molecule has 23 heteroatoms. The number of imidazole rings is 1. The lowest BCUT2D eigenvalue weighted by atomic mass is 9.98. The van der Waals surface area contributed by atoms with E-state index in [0.29, 0.717) is 0 Å². The summed E-state index contributed by atoms with van der Waals surface area (Å²) in [4.78, 5) is 43.4. The molecule has 2 aliphatic rings. The van der Waals surface area contributed by atoms with Gasteiger partial charge in [0.25, 0.3) is 5.56 Å². The Hall–Kier alpha value is -5.60. The van der Waals surface area contributed by atoms with Crippen LogP contribution >= 0.6 is 0 Å². The highest BCUT2D eigenvalue weighted by Gasteiger charge is 2.48. The molecule has 7 rings (SSSR count). The van der Waals surface area contributed by atoms with Gasteiger partial charge in [0.2, 0.25) is 17.5 Å². The van der Waals surface area contributed by atoms with Crippen LogP contribution in [-0.4, -0.2) is 150 Å². The number of benzene rings is 2. The van der Waals surface area contributed by atoms with Crippen molar-refractivity contribution < 1.29 is 79.2 Å². The van der Waals surface area contributed by atoms with Crippen molar-refractivity contribution in [2.24, 2.45) is 14.1 Å². The summed E-state index contributed by atoms with van der Waals surface area (Å²) in [6.45, 7) is 0.131. The van der Waals surface area contributed by atoms with Crippen molar-refractivity contribution in [2.75, 3.05) is 13.2 Å². The van der Waals surface area contributed by atoms with Crippen molar-refractivity contribution >= 4 is 22.1 Å². The van der Waals surface area contributed by atoms with E-state index in [9.17, 15) is 65.4 Å². The molecule has 1 unspecified atom stereocenters. The van der Waals surface area contributed by atoms with E-state index in [0.717, 1.165) is 22.8 Å². The number of hydrogen-bond acceptors (Lipinski definition) is 20. The maximum Gasteiger partial charge on any atom is 0.332 e. The second-order valence-corrected chi connectivity index (χ2v) is 14.5. The van der Waals surface area contributed by atoms with Crippen LogP contribution in [0.5, 0.6) is 28.7 Å². The van der Waals surface area contributed by atoms with Crippen molar-refractivity contribution in [1.29, 1.82) is 0 Å². The fourth-order valence-corrected chi connectivity index (χ4v) is 6.92. The van der Waals surface area contributed by atoms with E-state index in [-0.39, 0.29) is 34.6 Å². The molecule has 5 heterocycles. The molecule has 2 fully saturated rings.